The van der Waals surface area contributed by atoms with Crippen molar-refractivity contribution in [1.29, 1.82) is 0 Å². The van der Waals surface area contributed by atoms with E-state index in [0.717, 1.165) is 6.42 Å². The molecule has 32 heavy (non-hydrogen) atoms. The average molecular weight is 459 g/mol. The summed E-state index contributed by atoms with van der Waals surface area (Å²) in [5.41, 5.74) is 1.21. The molecule has 2 aromatic carbocycles. The van der Waals surface area contributed by atoms with Crippen molar-refractivity contribution >= 4 is 29.2 Å². The van der Waals surface area contributed by atoms with E-state index in [9.17, 15) is 9.59 Å². The lowest BCUT2D eigenvalue weighted by molar-refractivity contribution is -0.119. The van der Waals surface area contributed by atoms with E-state index in [1.165, 1.54) is 23.4 Å². The minimum absolute atomic E-state index is 0.246. The standard InChI is InChI=1S/C22H23ClN4O5/c1-3-9-31-19-8-5-15(10-20(19)30-4-2)22(29)32-12-21(28)26-17-11-16(23)6-7-18(17)27-14-24-13-25-27/h5-8,10-11,13-14H,3-4,9,12H2,1-2H3,(H,26,28). The molecule has 0 aliphatic rings. The van der Waals surface area contributed by atoms with Gasteiger partial charge in [-0.1, -0.05) is 18.5 Å². The van der Waals surface area contributed by atoms with Crippen LogP contribution in [0.2, 0.25) is 5.02 Å². The zero-order chi connectivity index (χ0) is 22.9. The van der Waals surface area contributed by atoms with Crippen LogP contribution in [0.25, 0.3) is 5.69 Å². The van der Waals surface area contributed by atoms with Crippen LogP contribution in [0.3, 0.4) is 0 Å². The van der Waals surface area contributed by atoms with Gasteiger partial charge in [-0.05, 0) is 49.7 Å². The number of nitrogens with zero attached hydrogens (tertiary/aromatic N) is 3. The topological polar surface area (TPSA) is 105 Å². The fourth-order valence-electron chi connectivity index (χ4n) is 2.78. The molecule has 0 radical (unpaired) electrons. The number of esters is 1. The largest absolute Gasteiger partial charge is 0.490 e. The molecule has 0 aliphatic carbocycles. The molecule has 0 fully saturated rings. The zero-order valence-corrected chi connectivity index (χ0v) is 18.5. The van der Waals surface area contributed by atoms with Crippen molar-refractivity contribution in [2.75, 3.05) is 25.1 Å². The number of ether oxygens (including phenoxy) is 3. The van der Waals surface area contributed by atoms with E-state index in [-0.39, 0.29) is 5.56 Å². The van der Waals surface area contributed by atoms with Gasteiger partial charge in [-0.2, -0.15) is 5.10 Å². The molecule has 0 spiro atoms. The SMILES string of the molecule is CCCOc1ccc(C(=O)OCC(=O)Nc2cc(Cl)ccc2-n2cncn2)cc1OCC. The van der Waals surface area contributed by atoms with Gasteiger partial charge in [0.2, 0.25) is 0 Å². The summed E-state index contributed by atoms with van der Waals surface area (Å²) in [5, 5.41) is 7.15. The maximum Gasteiger partial charge on any atom is 0.338 e. The number of benzene rings is 2. The Labute approximate surface area is 190 Å². The molecule has 1 aromatic heterocycles. The molecular weight excluding hydrogens is 436 g/mol. The minimum Gasteiger partial charge on any atom is -0.490 e. The van der Waals surface area contributed by atoms with E-state index >= 15 is 0 Å². The number of amides is 1. The molecule has 0 bridgehead atoms. The number of carbonyl (C=O) groups is 2. The summed E-state index contributed by atoms with van der Waals surface area (Å²) in [7, 11) is 0. The number of hydrogen-bond donors (Lipinski definition) is 1. The van der Waals surface area contributed by atoms with Crippen molar-refractivity contribution < 1.29 is 23.8 Å². The second-order valence-corrected chi connectivity index (χ2v) is 7.01. The van der Waals surface area contributed by atoms with Crippen LogP contribution in [0.5, 0.6) is 11.5 Å². The average Bonchev–Trinajstić information content (AvgIpc) is 3.31. The smallest absolute Gasteiger partial charge is 0.338 e. The molecule has 0 saturated heterocycles. The number of aromatic nitrogens is 3. The van der Waals surface area contributed by atoms with Crippen molar-refractivity contribution in [2.24, 2.45) is 0 Å². The van der Waals surface area contributed by atoms with Crippen LogP contribution < -0.4 is 14.8 Å². The molecule has 3 rings (SSSR count). The lowest BCUT2D eigenvalue weighted by Crippen LogP contribution is -2.22. The zero-order valence-electron chi connectivity index (χ0n) is 17.7. The van der Waals surface area contributed by atoms with Crippen molar-refractivity contribution in [3.8, 4) is 17.2 Å². The van der Waals surface area contributed by atoms with E-state index in [1.807, 2.05) is 13.8 Å². The summed E-state index contributed by atoms with van der Waals surface area (Å²) in [6.07, 6.45) is 3.70. The Hall–Kier alpha value is -3.59. The summed E-state index contributed by atoms with van der Waals surface area (Å²) in [4.78, 5) is 28.7. The predicted octanol–water partition coefficient (Wildman–Crippen LogP) is 3.90. The second kappa shape index (κ2) is 11.1. The van der Waals surface area contributed by atoms with Crippen LogP contribution in [0.15, 0.2) is 49.1 Å². The quantitative estimate of drug-likeness (QED) is 0.459. The molecular formula is C22H23ClN4O5. The molecule has 0 aliphatic heterocycles. The number of carbonyl (C=O) groups excluding carboxylic acids is 2. The van der Waals surface area contributed by atoms with E-state index in [2.05, 4.69) is 15.4 Å². The minimum atomic E-state index is -0.661. The highest BCUT2D eigenvalue weighted by molar-refractivity contribution is 6.31. The third kappa shape index (κ3) is 5.98. The maximum absolute atomic E-state index is 12.4. The van der Waals surface area contributed by atoms with Crippen molar-refractivity contribution in [1.82, 2.24) is 14.8 Å². The molecule has 1 N–H and O–H groups in total. The highest BCUT2D eigenvalue weighted by Gasteiger charge is 2.16. The fraction of sp³-hybridized carbons (Fsp3) is 0.273. The van der Waals surface area contributed by atoms with Gasteiger partial charge in [0.1, 0.15) is 12.7 Å². The first-order valence-corrected chi connectivity index (χ1v) is 10.4. The third-order valence-electron chi connectivity index (χ3n) is 4.17. The first-order chi connectivity index (χ1) is 15.5. The van der Waals surface area contributed by atoms with Crippen molar-refractivity contribution in [3.05, 3.63) is 59.6 Å². The lowest BCUT2D eigenvalue weighted by atomic mass is 10.2. The molecule has 0 atom stereocenters. The van der Waals surface area contributed by atoms with E-state index < -0.39 is 18.5 Å². The van der Waals surface area contributed by atoms with Crippen LogP contribution in [0.4, 0.5) is 5.69 Å². The normalized spacial score (nSPS) is 10.5. The molecule has 1 heterocycles. The number of halogens is 1. The highest BCUT2D eigenvalue weighted by atomic mass is 35.5. The summed E-state index contributed by atoms with van der Waals surface area (Å²) in [6, 6.07) is 9.67. The lowest BCUT2D eigenvalue weighted by Gasteiger charge is -2.13. The van der Waals surface area contributed by atoms with E-state index in [4.69, 9.17) is 25.8 Å². The number of anilines is 1. The molecule has 168 valence electrons. The molecule has 9 nitrogen and oxygen atoms in total. The molecule has 3 aromatic rings. The van der Waals surface area contributed by atoms with Gasteiger partial charge >= 0.3 is 5.97 Å². The first-order valence-electron chi connectivity index (χ1n) is 10.0. The van der Waals surface area contributed by atoms with Crippen LogP contribution >= 0.6 is 11.6 Å². The molecule has 10 heteroatoms. The predicted molar refractivity (Wildman–Crippen MR) is 119 cm³/mol. The number of hydrogen-bond acceptors (Lipinski definition) is 7. The summed E-state index contributed by atoms with van der Waals surface area (Å²) in [6.45, 7) is 4.29. The highest BCUT2D eigenvalue weighted by Crippen LogP contribution is 2.29. The summed E-state index contributed by atoms with van der Waals surface area (Å²) >= 11 is 6.05. The van der Waals surface area contributed by atoms with Gasteiger partial charge in [0.25, 0.3) is 5.91 Å². The summed E-state index contributed by atoms with van der Waals surface area (Å²) < 4.78 is 17.8. The molecule has 0 saturated carbocycles. The van der Waals surface area contributed by atoms with Crippen molar-refractivity contribution in [2.45, 2.75) is 20.3 Å². The Morgan fingerprint density at radius 3 is 2.66 bits per heavy atom. The number of nitrogens with one attached hydrogen (secondary N) is 1. The van der Waals surface area contributed by atoms with Gasteiger partial charge in [0, 0.05) is 5.02 Å². The van der Waals surface area contributed by atoms with E-state index in [1.54, 1.807) is 30.3 Å². The van der Waals surface area contributed by atoms with Gasteiger partial charge in [-0.3, -0.25) is 4.79 Å². The Morgan fingerprint density at radius 2 is 1.94 bits per heavy atom. The monoisotopic (exact) mass is 458 g/mol. The van der Waals surface area contributed by atoms with Crippen LogP contribution in [0.1, 0.15) is 30.6 Å². The molecule has 0 unspecified atom stereocenters. The number of rotatable bonds is 10. The molecule has 1 amide bonds. The maximum atomic E-state index is 12.4. The Balaban J connectivity index is 1.65. The fourth-order valence-corrected chi connectivity index (χ4v) is 2.95. The van der Waals surface area contributed by atoms with Gasteiger partial charge in [-0.25, -0.2) is 14.5 Å². The van der Waals surface area contributed by atoms with Gasteiger partial charge in [-0.15, -0.1) is 0 Å². The first kappa shape index (κ1) is 23.1. The Morgan fingerprint density at radius 1 is 1.09 bits per heavy atom. The third-order valence-corrected chi connectivity index (χ3v) is 4.41. The second-order valence-electron chi connectivity index (χ2n) is 6.57. The van der Waals surface area contributed by atoms with Gasteiger partial charge in [0.15, 0.2) is 18.1 Å². The van der Waals surface area contributed by atoms with Gasteiger partial charge in [0.05, 0.1) is 30.2 Å². The van der Waals surface area contributed by atoms with Crippen LogP contribution in [-0.2, 0) is 9.53 Å². The van der Waals surface area contributed by atoms with E-state index in [0.29, 0.717) is 41.1 Å². The van der Waals surface area contributed by atoms with Gasteiger partial charge < -0.3 is 19.5 Å². The Bertz CT molecular complexity index is 1070. The van der Waals surface area contributed by atoms with Crippen LogP contribution in [-0.4, -0.2) is 46.5 Å². The van der Waals surface area contributed by atoms with Crippen LogP contribution in [0, 0.1) is 0 Å². The van der Waals surface area contributed by atoms with Crippen molar-refractivity contribution in [3.63, 3.8) is 0 Å². The summed E-state index contributed by atoms with van der Waals surface area (Å²) in [5.74, 6) is -0.207. The Kier molecular flexibility index (Phi) is 8.04.